The number of carbonyl (C=O) groups is 1. The lowest BCUT2D eigenvalue weighted by Gasteiger charge is -2.33. The van der Waals surface area contributed by atoms with Gasteiger partial charge in [0.25, 0.3) is 0 Å². The van der Waals surface area contributed by atoms with Gasteiger partial charge in [-0.2, -0.15) is 4.31 Å². The van der Waals surface area contributed by atoms with Gasteiger partial charge in [-0.3, -0.25) is 4.79 Å². The van der Waals surface area contributed by atoms with Crippen LogP contribution in [-0.2, 0) is 14.8 Å². The smallest absolute Gasteiger partial charge is 0.243 e. The van der Waals surface area contributed by atoms with Crippen molar-refractivity contribution in [1.29, 1.82) is 0 Å². The number of halogens is 1. The predicted molar refractivity (Wildman–Crippen MR) is 112 cm³/mol. The Bertz CT molecular complexity index is 988. The Hall–Kier alpha value is -2.25. The number of carbonyl (C=O) groups excluding carboxylic acids is 1. The molecule has 7 heteroatoms. The van der Waals surface area contributed by atoms with Crippen molar-refractivity contribution in [2.45, 2.75) is 38.5 Å². The van der Waals surface area contributed by atoms with E-state index in [1.807, 2.05) is 32.9 Å². The molecule has 1 aliphatic heterocycles. The fourth-order valence-electron chi connectivity index (χ4n) is 4.11. The first-order chi connectivity index (χ1) is 13.6. The average Bonchev–Trinajstić information content (AvgIpc) is 2.66. The van der Waals surface area contributed by atoms with E-state index in [9.17, 15) is 17.6 Å². The molecule has 0 saturated carbocycles. The number of piperidine rings is 1. The molecule has 1 amide bonds. The van der Waals surface area contributed by atoms with Crippen LogP contribution in [-0.4, -0.2) is 38.8 Å². The number of nitrogens with zero attached hydrogens (tertiary/aromatic N) is 2. The summed E-state index contributed by atoms with van der Waals surface area (Å²) in [6.07, 6.45) is 0.932. The maximum absolute atomic E-state index is 13.2. The second-order valence-electron chi connectivity index (χ2n) is 7.78. The highest BCUT2D eigenvalue weighted by molar-refractivity contribution is 7.89. The molecule has 0 atom stereocenters. The molecule has 0 aliphatic carbocycles. The predicted octanol–water partition coefficient (Wildman–Crippen LogP) is 3.81. The third-order valence-electron chi connectivity index (χ3n) is 5.55. The number of benzene rings is 2. The zero-order valence-corrected chi connectivity index (χ0v) is 18.1. The molecule has 1 fully saturated rings. The number of hydrogen-bond donors (Lipinski definition) is 0. The lowest BCUT2D eigenvalue weighted by Crippen LogP contribution is -2.43. The molecule has 0 radical (unpaired) electrons. The van der Waals surface area contributed by atoms with Crippen molar-refractivity contribution in [1.82, 2.24) is 4.31 Å². The molecule has 0 N–H and O–H groups in total. The minimum atomic E-state index is -3.60. The summed E-state index contributed by atoms with van der Waals surface area (Å²) >= 11 is 0. The molecule has 0 spiro atoms. The Morgan fingerprint density at radius 3 is 2.07 bits per heavy atom. The fourth-order valence-corrected chi connectivity index (χ4v) is 5.99. The van der Waals surface area contributed by atoms with Gasteiger partial charge in [-0.1, -0.05) is 17.7 Å². The molecule has 1 aliphatic rings. The average molecular weight is 419 g/mol. The van der Waals surface area contributed by atoms with Crippen molar-refractivity contribution in [2.24, 2.45) is 5.92 Å². The Morgan fingerprint density at radius 2 is 1.55 bits per heavy atom. The third-order valence-corrected chi connectivity index (χ3v) is 7.76. The summed E-state index contributed by atoms with van der Waals surface area (Å²) in [5, 5.41) is 0. The third kappa shape index (κ3) is 4.36. The summed E-state index contributed by atoms with van der Waals surface area (Å²) in [6.45, 7) is 6.21. The van der Waals surface area contributed by atoms with Crippen LogP contribution in [0.4, 0.5) is 10.1 Å². The number of rotatable bonds is 4. The topological polar surface area (TPSA) is 57.7 Å². The van der Waals surface area contributed by atoms with Gasteiger partial charge in [0.1, 0.15) is 5.82 Å². The van der Waals surface area contributed by atoms with E-state index in [1.165, 1.54) is 21.3 Å². The number of anilines is 1. The summed E-state index contributed by atoms with van der Waals surface area (Å²) in [7, 11) is -1.94. The van der Waals surface area contributed by atoms with E-state index in [0.717, 1.165) is 16.7 Å². The van der Waals surface area contributed by atoms with E-state index in [4.69, 9.17) is 0 Å². The summed E-state index contributed by atoms with van der Waals surface area (Å²) in [6, 6.07) is 9.54. The van der Waals surface area contributed by atoms with E-state index in [-0.39, 0.29) is 17.6 Å². The molecule has 3 rings (SSSR count). The van der Waals surface area contributed by atoms with Crippen molar-refractivity contribution in [3.8, 4) is 0 Å². The van der Waals surface area contributed by atoms with Crippen molar-refractivity contribution < 1.29 is 17.6 Å². The van der Waals surface area contributed by atoms with Crippen LogP contribution in [0.1, 0.15) is 29.5 Å². The van der Waals surface area contributed by atoms with E-state index in [0.29, 0.717) is 36.5 Å². The van der Waals surface area contributed by atoms with Crippen molar-refractivity contribution in [3.63, 3.8) is 0 Å². The zero-order valence-electron chi connectivity index (χ0n) is 17.3. The fraction of sp³-hybridized carbons (Fsp3) is 0.409. The van der Waals surface area contributed by atoms with E-state index >= 15 is 0 Å². The molecule has 1 heterocycles. The van der Waals surface area contributed by atoms with Crippen molar-refractivity contribution >= 4 is 21.6 Å². The number of aryl methyl sites for hydroxylation is 3. The molecule has 156 valence electrons. The van der Waals surface area contributed by atoms with Crippen LogP contribution in [0.15, 0.2) is 41.3 Å². The summed E-state index contributed by atoms with van der Waals surface area (Å²) in [5.74, 6) is -0.678. The molecule has 2 aromatic carbocycles. The minimum Gasteiger partial charge on any atom is -0.315 e. The van der Waals surface area contributed by atoms with Gasteiger partial charge in [0, 0.05) is 31.7 Å². The molecule has 0 bridgehead atoms. The first-order valence-corrected chi connectivity index (χ1v) is 11.2. The molecule has 1 saturated heterocycles. The summed E-state index contributed by atoms with van der Waals surface area (Å²) in [5.41, 5.74) is 3.15. The first kappa shape index (κ1) is 21.5. The maximum Gasteiger partial charge on any atom is 0.243 e. The monoisotopic (exact) mass is 418 g/mol. The second kappa shape index (κ2) is 8.24. The van der Waals surface area contributed by atoms with E-state index in [2.05, 4.69) is 0 Å². The van der Waals surface area contributed by atoms with Gasteiger partial charge < -0.3 is 4.90 Å². The number of sulfonamides is 1. The molecule has 2 aromatic rings. The first-order valence-electron chi connectivity index (χ1n) is 9.72. The molecule has 29 heavy (non-hydrogen) atoms. The number of hydrogen-bond acceptors (Lipinski definition) is 3. The van der Waals surface area contributed by atoms with Crippen molar-refractivity contribution in [2.75, 3.05) is 25.0 Å². The SMILES string of the molecule is Cc1cc(C)c(S(=O)(=O)N2CCC(C(=O)N(C)c3ccc(F)cc3)CC2)c(C)c1. The lowest BCUT2D eigenvalue weighted by molar-refractivity contribution is -0.123. The Labute approximate surface area is 172 Å². The quantitative estimate of drug-likeness (QED) is 0.759. The zero-order chi connectivity index (χ0) is 21.3. The summed E-state index contributed by atoms with van der Waals surface area (Å²) in [4.78, 5) is 14.7. The van der Waals surface area contributed by atoms with Gasteiger partial charge >= 0.3 is 0 Å². The Morgan fingerprint density at radius 1 is 1.03 bits per heavy atom. The lowest BCUT2D eigenvalue weighted by atomic mass is 9.96. The largest absolute Gasteiger partial charge is 0.315 e. The highest BCUT2D eigenvalue weighted by atomic mass is 32.2. The second-order valence-corrected chi connectivity index (χ2v) is 9.65. The van der Waals surface area contributed by atoms with Gasteiger partial charge in [0.2, 0.25) is 15.9 Å². The highest BCUT2D eigenvalue weighted by Crippen LogP contribution is 2.30. The molecule has 5 nitrogen and oxygen atoms in total. The maximum atomic E-state index is 13.2. The van der Waals surface area contributed by atoms with Crippen LogP contribution in [0.2, 0.25) is 0 Å². The molecule has 0 unspecified atom stereocenters. The van der Waals surface area contributed by atoms with Gasteiger partial charge in [-0.05, 0) is 69.0 Å². The van der Waals surface area contributed by atoms with Gasteiger partial charge in [-0.15, -0.1) is 0 Å². The highest BCUT2D eigenvalue weighted by Gasteiger charge is 2.34. The van der Waals surface area contributed by atoms with Gasteiger partial charge in [0.05, 0.1) is 4.90 Å². The normalized spacial score (nSPS) is 16.0. The van der Waals surface area contributed by atoms with Crippen LogP contribution in [0.25, 0.3) is 0 Å². The van der Waals surface area contributed by atoms with Gasteiger partial charge in [0.15, 0.2) is 0 Å². The molecular formula is C22H27FN2O3S. The van der Waals surface area contributed by atoms with Crippen LogP contribution in [0, 0.1) is 32.5 Å². The van der Waals surface area contributed by atoms with Crippen LogP contribution in [0.3, 0.4) is 0 Å². The van der Waals surface area contributed by atoms with Crippen LogP contribution >= 0.6 is 0 Å². The van der Waals surface area contributed by atoms with Crippen molar-refractivity contribution in [3.05, 3.63) is 58.9 Å². The van der Waals surface area contributed by atoms with E-state index < -0.39 is 10.0 Å². The standard InChI is InChI=1S/C22H27FN2O3S/c1-15-13-16(2)21(17(3)14-15)29(27,28)25-11-9-18(10-12-25)22(26)24(4)20-7-5-19(23)6-8-20/h5-8,13-14,18H,9-12H2,1-4H3. The minimum absolute atomic E-state index is 0.0728. The Kier molecular flexibility index (Phi) is 6.10. The molecular weight excluding hydrogens is 391 g/mol. The van der Waals surface area contributed by atoms with Gasteiger partial charge in [-0.25, -0.2) is 12.8 Å². The van der Waals surface area contributed by atoms with Crippen LogP contribution in [0.5, 0.6) is 0 Å². The number of amides is 1. The molecule has 0 aromatic heterocycles. The van der Waals surface area contributed by atoms with Crippen LogP contribution < -0.4 is 4.90 Å². The van der Waals surface area contributed by atoms with E-state index in [1.54, 1.807) is 19.2 Å². The summed E-state index contributed by atoms with van der Waals surface area (Å²) < 4.78 is 41.0. The Balaban J connectivity index is 1.71.